The summed E-state index contributed by atoms with van der Waals surface area (Å²) in [5.41, 5.74) is 0.922. The van der Waals surface area contributed by atoms with E-state index in [4.69, 9.17) is 4.74 Å². The molecule has 0 heterocycles. The normalized spacial score (nSPS) is 33.4. The van der Waals surface area contributed by atoms with E-state index in [1.165, 1.54) is 0 Å². The Morgan fingerprint density at radius 1 is 1.58 bits per heavy atom. The van der Waals surface area contributed by atoms with Gasteiger partial charge in [0.15, 0.2) is 5.78 Å². The van der Waals surface area contributed by atoms with Crippen LogP contribution in [0.25, 0.3) is 0 Å². The number of ketones is 1. The standard InChI is InChI=1S/C10H12O2/c1-12-10-5-2-3-8(10)7-9(11)4-6-10/h4,6-7H,2-3,5H2,1H3. The summed E-state index contributed by atoms with van der Waals surface area (Å²) in [6.45, 7) is 0. The van der Waals surface area contributed by atoms with Gasteiger partial charge >= 0.3 is 0 Å². The molecule has 1 atom stereocenters. The number of carbonyl (C=O) groups excluding carboxylic acids is 1. The van der Waals surface area contributed by atoms with E-state index in [0.717, 1.165) is 24.8 Å². The summed E-state index contributed by atoms with van der Waals surface area (Å²) in [5, 5.41) is 0. The maximum Gasteiger partial charge on any atom is 0.178 e. The summed E-state index contributed by atoms with van der Waals surface area (Å²) >= 11 is 0. The van der Waals surface area contributed by atoms with Crippen LogP contribution in [0.2, 0.25) is 0 Å². The Morgan fingerprint density at radius 2 is 2.42 bits per heavy atom. The highest BCUT2D eigenvalue weighted by molar-refractivity contribution is 6.01. The lowest BCUT2D eigenvalue weighted by Gasteiger charge is -2.27. The fraction of sp³-hybridized carbons (Fsp3) is 0.500. The quantitative estimate of drug-likeness (QED) is 0.588. The highest BCUT2D eigenvalue weighted by atomic mass is 16.5. The van der Waals surface area contributed by atoms with Crippen molar-refractivity contribution in [2.24, 2.45) is 0 Å². The van der Waals surface area contributed by atoms with Gasteiger partial charge < -0.3 is 4.74 Å². The Bertz CT molecular complexity index is 276. The minimum Gasteiger partial charge on any atom is -0.370 e. The Morgan fingerprint density at radius 3 is 3.17 bits per heavy atom. The van der Waals surface area contributed by atoms with E-state index in [1.54, 1.807) is 19.3 Å². The molecule has 2 rings (SSSR count). The number of ether oxygens (including phenoxy) is 1. The largest absolute Gasteiger partial charge is 0.370 e. The summed E-state index contributed by atoms with van der Waals surface area (Å²) in [5.74, 6) is 0.0968. The van der Waals surface area contributed by atoms with Gasteiger partial charge in [-0.1, -0.05) is 0 Å². The van der Waals surface area contributed by atoms with Crippen LogP contribution in [0.1, 0.15) is 19.3 Å². The molecule has 0 aromatic heterocycles. The first kappa shape index (κ1) is 7.74. The van der Waals surface area contributed by atoms with Crippen LogP contribution in [-0.4, -0.2) is 18.5 Å². The van der Waals surface area contributed by atoms with Crippen LogP contribution in [0.15, 0.2) is 23.8 Å². The number of hydrogen-bond donors (Lipinski definition) is 0. The summed E-state index contributed by atoms with van der Waals surface area (Å²) in [7, 11) is 1.71. The van der Waals surface area contributed by atoms with Crippen molar-refractivity contribution in [1.29, 1.82) is 0 Å². The molecule has 2 heteroatoms. The lowest BCUT2D eigenvalue weighted by Crippen LogP contribution is -2.29. The molecule has 0 aliphatic heterocycles. The number of rotatable bonds is 1. The third-order valence-corrected chi connectivity index (χ3v) is 2.74. The van der Waals surface area contributed by atoms with Crippen LogP contribution in [0.5, 0.6) is 0 Å². The monoisotopic (exact) mass is 164 g/mol. The predicted octanol–water partition coefficient (Wildman–Crippen LogP) is 1.62. The summed E-state index contributed by atoms with van der Waals surface area (Å²) in [6.07, 6.45) is 8.37. The molecule has 2 aliphatic rings. The second-order valence-corrected chi connectivity index (χ2v) is 3.35. The Hall–Kier alpha value is -0.890. The van der Waals surface area contributed by atoms with Gasteiger partial charge in [0, 0.05) is 7.11 Å². The topological polar surface area (TPSA) is 26.3 Å². The average Bonchev–Trinajstić information content (AvgIpc) is 2.48. The van der Waals surface area contributed by atoms with Crippen molar-refractivity contribution >= 4 is 5.78 Å². The van der Waals surface area contributed by atoms with E-state index < -0.39 is 0 Å². The van der Waals surface area contributed by atoms with Crippen molar-refractivity contribution in [3.8, 4) is 0 Å². The van der Waals surface area contributed by atoms with E-state index in [0.29, 0.717) is 0 Å². The third kappa shape index (κ3) is 0.950. The van der Waals surface area contributed by atoms with Gasteiger partial charge in [0.25, 0.3) is 0 Å². The Labute approximate surface area is 71.9 Å². The van der Waals surface area contributed by atoms with Gasteiger partial charge in [0.2, 0.25) is 0 Å². The van der Waals surface area contributed by atoms with Crippen molar-refractivity contribution in [2.75, 3.05) is 7.11 Å². The number of methoxy groups -OCH3 is 1. The maximum atomic E-state index is 11.0. The van der Waals surface area contributed by atoms with Crippen LogP contribution < -0.4 is 0 Å². The fourth-order valence-electron chi connectivity index (χ4n) is 2.04. The van der Waals surface area contributed by atoms with E-state index in [1.807, 2.05) is 6.08 Å². The molecular weight excluding hydrogens is 152 g/mol. The molecule has 0 amide bonds. The molecular formula is C10H12O2. The van der Waals surface area contributed by atoms with Gasteiger partial charge in [0.1, 0.15) is 5.60 Å². The Balaban J connectivity index is 2.39. The van der Waals surface area contributed by atoms with Crippen molar-refractivity contribution in [2.45, 2.75) is 24.9 Å². The first-order valence-electron chi connectivity index (χ1n) is 4.26. The highest BCUT2D eigenvalue weighted by Crippen LogP contribution is 2.40. The smallest absolute Gasteiger partial charge is 0.178 e. The van der Waals surface area contributed by atoms with E-state index in [-0.39, 0.29) is 11.4 Å². The minimum atomic E-state index is -0.228. The van der Waals surface area contributed by atoms with Crippen molar-refractivity contribution in [1.82, 2.24) is 0 Å². The number of carbonyl (C=O) groups is 1. The highest BCUT2D eigenvalue weighted by Gasteiger charge is 2.38. The van der Waals surface area contributed by atoms with Crippen molar-refractivity contribution < 1.29 is 9.53 Å². The van der Waals surface area contributed by atoms with E-state index in [9.17, 15) is 4.79 Å². The molecule has 2 aliphatic carbocycles. The van der Waals surface area contributed by atoms with Gasteiger partial charge in [-0.05, 0) is 43.1 Å². The minimum absolute atomic E-state index is 0.0968. The SMILES string of the molecule is COC12C=CC(=O)C=C1CCC2. The first-order valence-corrected chi connectivity index (χ1v) is 4.26. The molecule has 0 aromatic carbocycles. The van der Waals surface area contributed by atoms with Gasteiger partial charge in [-0.25, -0.2) is 0 Å². The molecule has 0 N–H and O–H groups in total. The first-order chi connectivity index (χ1) is 5.77. The van der Waals surface area contributed by atoms with Crippen LogP contribution in [0.4, 0.5) is 0 Å². The van der Waals surface area contributed by atoms with Gasteiger partial charge in [-0.15, -0.1) is 0 Å². The van der Waals surface area contributed by atoms with Gasteiger partial charge in [-0.2, -0.15) is 0 Å². The molecule has 1 unspecified atom stereocenters. The summed E-state index contributed by atoms with van der Waals surface area (Å²) in [6, 6.07) is 0. The van der Waals surface area contributed by atoms with Crippen LogP contribution in [0, 0.1) is 0 Å². The molecule has 0 bridgehead atoms. The molecule has 0 radical (unpaired) electrons. The van der Waals surface area contributed by atoms with Gasteiger partial charge in [-0.3, -0.25) is 4.79 Å². The molecule has 1 fully saturated rings. The average molecular weight is 164 g/mol. The van der Waals surface area contributed by atoms with Crippen molar-refractivity contribution in [3.63, 3.8) is 0 Å². The molecule has 2 nitrogen and oxygen atoms in total. The molecule has 0 aromatic rings. The second kappa shape index (κ2) is 2.56. The predicted molar refractivity (Wildman–Crippen MR) is 45.8 cm³/mol. The molecule has 0 spiro atoms. The lowest BCUT2D eigenvalue weighted by molar-refractivity contribution is -0.110. The maximum absolute atomic E-state index is 11.0. The van der Waals surface area contributed by atoms with Crippen molar-refractivity contribution in [3.05, 3.63) is 23.8 Å². The number of allylic oxidation sites excluding steroid dienone is 2. The molecule has 64 valence electrons. The zero-order valence-electron chi connectivity index (χ0n) is 7.17. The number of fused-ring (bicyclic) bond motifs is 1. The summed E-state index contributed by atoms with van der Waals surface area (Å²) < 4.78 is 5.44. The van der Waals surface area contributed by atoms with Crippen LogP contribution >= 0.6 is 0 Å². The van der Waals surface area contributed by atoms with Gasteiger partial charge in [0.05, 0.1) is 0 Å². The van der Waals surface area contributed by atoms with Crippen LogP contribution in [0.3, 0.4) is 0 Å². The zero-order valence-corrected chi connectivity index (χ0v) is 7.17. The number of hydrogen-bond acceptors (Lipinski definition) is 2. The molecule has 1 saturated carbocycles. The zero-order chi connectivity index (χ0) is 8.60. The van der Waals surface area contributed by atoms with E-state index in [2.05, 4.69) is 0 Å². The summed E-state index contributed by atoms with van der Waals surface area (Å²) in [4.78, 5) is 11.0. The van der Waals surface area contributed by atoms with E-state index >= 15 is 0 Å². The molecule has 12 heavy (non-hydrogen) atoms. The van der Waals surface area contributed by atoms with Crippen LogP contribution in [-0.2, 0) is 9.53 Å². The Kier molecular flexibility index (Phi) is 1.65. The third-order valence-electron chi connectivity index (χ3n) is 2.74. The molecule has 0 saturated heterocycles. The lowest BCUT2D eigenvalue weighted by atomic mass is 9.91. The fourth-order valence-corrected chi connectivity index (χ4v) is 2.04. The second-order valence-electron chi connectivity index (χ2n) is 3.35.